The average Bonchev–Trinajstić information content (AvgIpc) is 3.55. The van der Waals surface area contributed by atoms with E-state index in [0.29, 0.717) is 22.6 Å². The van der Waals surface area contributed by atoms with Crippen molar-refractivity contribution in [2.45, 2.75) is 18.5 Å². The number of carbonyl (C=O) groups is 1. The number of aryl methyl sites for hydroxylation is 1. The number of amides is 1. The van der Waals surface area contributed by atoms with Gasteiger partial charge in [-0.05, 0) is 30.2 Å². The minimum atomic E-state index is -0.249. The number of benzene rings is 3. The summed E-state index contributed by atoms with van der Waals surface area (Å²) in [6, 6.07) is 31.6. The summed E-state index contributed by atoms with van der Waals surface area (Å²) in [6.07, 6.45) is 0.205. The quantitative estimate of drug-likeness (QED) is 0.221. The molecule has 3 heterocycles. The van der Waals surface area contributed by atoms with Gasteiger partial charge in [-0.2, -0.15) is 5.26 Å². The predicted molar refractivity (Wildman–Crippen MR) is 153 cm³/mol. The lowest BCUT2D eigenvalue weighted by molar-refractivity contribution is -0.115. The van der Waals surface area contributed by atoms with Crippen molar-refractivity contribution in [2.24, 2.45) is 0 Å². The molecular weight excluding hydrogens is 506 g/mol. The lowest BCUT2D eigenvalue weighted by Crippen LogP contribution is -2.12. The van der Waals surface area contributed by atoms with Crippen LogP contribution in [-0.2, 0) is 4.79 Å². The van der Waals surface area contributed by atoms with Crippen molar-refractivity contribution in [2.75, 3.05) is 11.1 Å². The second-order valence-electron chi connectivity index (χ2n) is 9.02. The third kappa shape index (κ3) is 4.65. The van der Waals surface area contributed by atoms with Gasteiger partial charge in [0.05, 0.1) is 5.52 Å². The van der Waals surface area contributed by atoms with E-state index in [-0.39, 0.29) is 18.2 Å². The maximum atomic E-state index is 13.0. The molecule has 6 rings (SSSR count). The molecular formula is C31H23N5O2S. The molecule has 0 fully saturated rings. The smallest absolute Gasteiger partial charge is 0.227 e. The first kappa shape index (κ1) is 24.5. The number of nitriles is 1. The van der Waals surface area contributed by atoms with E-state index in [1.54, 1.807) is 0 Å². The lowest BCUT2D eigenvalue weighted by Gasteiger charge is -2.07. The van der Waals surface area contributed by atoms with Gasteiger partial charge in [-0.1, -0.05) is 90.6 Å². The first-order chi connectivity index (χ1) is 19.1. The number of hydrogen-bond donors (Lipinski definition) is 1. The van der Waals surface area contributed by atoms with E-state index in [1.165, 1.54) is 11.8 Å². The molecule has 0 saturated carbocycles. The third-order valence-corrected chi connectivity index (χ3v) is 7.44. The van der Waals surface area contributed by atoms with Crippen LogP contribution in [0, 0.1) is 18.3 Å². The summed E-state index contributed by atoms with van der Waals surface area (Å²) >= 11 is 1.46. The van der Waals surface area contributed by atoms with Crippen LogP contribution in [-0.4, -0.2) is 26.3 Å². The van der Waals surface area contributed by atoms with Gasteiger partial charge in [0.25, 0.3) is 0 Å². The second-order valence-corrected chi connectivity index (χ2v) is 10.1. The fraction of sp³-hybridized carbons (Fsp3) is 0.0968. The number of anilines is 1. The number of fused-ring (bicyclic) bond motifs is 3. The monoisotopic (exact) mass is 529 g/mol. The largest absolute Gasteiger partial charge is 0.438 e. The van der Waals surface area contributed by atoms with Gasteiger partial charge in [0.15, 0.2) is 10.8 Å². The molecule has 1 amide bonds. The molecule has 39 heavy (non-hydrogen) atoms. The van der Waals surface area contributed by atoms with Crippen molar-refractivity contribution >= 4 is 40.1 Å². The van der Waals surface area contributed by atoms with E-state index < -0.39 is 0 Å². The number of para-hydroxylation sites is 1. The van der Waals surface area contributed by atoms with Gasteiger partial charge in [0.2, 0.25) is 11.8 Å². The SMILES string of the molecule is Cc1cc2nnc(SCCC(=O)Nc3oc(-c4ccccc4)c(-c4ccccc4)c3C#N)n2c2ccccc12. The molecule has 1 N–H and O–H groups in total. The number of carbonyl (C=O) groups excluding carboxylic acids is 1. The van der Waals surface area contributed by atoms with E-state index in [9.17, 15) is 10.1 Å². The lowest BCUT2D eigenvalue weighted by atomic mass is 9.98. The highest BCUT2D eigenvalue weighted by molar-refractivity contribution is 7.99. The van der Waals surface area contributed by atoms with Crippen LogP contribution in [0.3, 0.4) is 0 Å². The van der Waals surface area contributed by atoms with E-state index >= 15 is 0 Å². The Labute approximate surface area is 229 Å². The Balaban J connectivity index is 1.24. The molecule has 0 aliphatic rings. The summed E-state index contributed by atoms with van der Waals surface area (Å²) < 4.78 is 8.15. The molecule has 0 atom stereocenters. The normalized spacial score (nSPS) is 11.1. The Kier molecular flexibility index (Phi) is 6.57. The van der Waals surface area contributed by atoms with Gasteiger partial charge in [-0.25, -0.2) is 0 Å². The molecule has 8 heteroatoms. The Hall–Kier alpha value is -4.87. The Morgan fingerprint density at radius 1 is 0.974 bits per heavy atom. The first-order valence-corrected chi connectivity index (χ1v) is 13.5. The highest BCUT2D eigenvalue weighted by atomic mass is 32.2. The van der Waals surface area contributed by atoms with E-state index in [0.717, 1.165) is 38.4 Å². The molecule has 0 spiro atoms. The highest BCUT2D eigenvalue weighted by Crippen LogP contribution is 2.41. The van der Waals surface area contributed by atoms with Gasteiger partial charge in [-0.15, -0.1) is 10.2 Å². The number of furan rings is 1. The molecule has 6 aromatic rings. The summed E-state index contributed by atoms with van der Waals surface area (Å²) in [5, 5.41) is 23.4. The number of nitrogens with zero attached hydrogens (tertiary/aromatic N) is 4. The minimum absolute atomic E-state index is 0.152. The molecule has 0 radical (unpaired) electrons. The molecule has 0 aliphatic heterocycles. The van der Waals surface area contributed by atoms with Gasteiger partial charge < -0.3 is 4.42 Å². The molecule has 7 nitrogen and oxygen atoms in total. The third-order valence-electron chi connectivity index (χ3n) is 6.51. The van der Waals surface area contributed by atoms with Crippen molar-refractivity contribution < 1.29 is 9.21 Å². The van der Waals surface area contributed by atoms with Gasteiger partial charge >= 0.3 is 0 Å². The summed E-state index contributed by atoms with van der Waals surface area (Å²) in [7, 11) is 0. The number of thioether (sulfide) groups is 1. The van der Waals surface area contributed by atoms with Gasteiger partial charge in [-0.3, -0.25) is 14.5 Å². The number of hydrogen-bond acceptors (Lipinski definition) is 6. The standard InChI is InChI=1S/C31H23N5O2S/c1-20-18-26-34-35-31(36(26)25-15-9-8-14-23(20)25)39-17-16-27(37)33-30-24(19-32)28(21-10-4-2-5-11-21)29(38-30)22-12-6-3-7-13-22/h2-15,18H,16-17H2,1H3,(H,33,37). The van der Waals surface area contributed by atoms with Crippen LogP contribution in [0.5, 0.6) is 0 Å². The average molecular weight is 530 g/mol. The molecule has 0 unspecified atom stereocenters. The molecule has 3 aromatic heterocycles. The fourth-order valence-corrected chi connectivity index (χ4v) is 5.58. The maximum absolute atomic E-state index is 13.0. The number of pyridine rings is 1. The highest BCUT2D eigenvalue weighted by Gasteiger charge is 2.24. The zero-order chi connectivity index (χ0) is 26.8. The van der Waals surface area contributed by atoms with Gasteiger partial charge in [0, 0.05) is 28.7 Å². The van der Waals surface area contributed by atoms with Crippen molar-refractivity contribution in [3.05, 3.63) is 102 Å². The van der Waals surface area contributed by atoms with Gasteiger partial charge in [0.1, 0.15) is 17.4 Å². The fourth-order valence-electron chi connectivity index (χ4n) is 4.69. The number of nitrogens with one attached hydrogen (secondary N) is 1. The van der Waals surface area contributed by atoms with Crippen LogP contribution in [0.2, 0.25) is 0 Å². The summed E-state index contributed by atoms with van der Waals surface area (Å²) in [6.45, 7) is 2.06. The Morgan fingerprint density at radius 2 is 1.67 bits per heavy atom. The Bertz CT molecular complexity index is 1850. The van der Waals surface area contributed by atoms with Crippen LogP contribution in [0.1, 0.15) is 17.5 Å². The van der Waals surface area contributed by atoms with Crippen molar-refractivity contribution in [3.8, 4) is 28.5 Å². The van der Waals surface area contributed by atoms with Crippen molar-refractivity contribution in [3.63, 3.8) is 0 Å². The van der Waals surface area contributed by atoms with Crippen LogP contribution in [0.25, 0.3) is 39.0 Å². The summed E-state index contributed by atoms with van der Waals surface area (Å²) in [5.74, 6) is 0.926. The van der Waals surface area contributed by atoms with Crippen LogP contribution in [0.15, 0.2) is 101 Å². The second kappa shape index (κ2) is 10.5. The van der Waals surface area contributed by atoms with Crippen LogP contribution < -0.4 is 5.32 Å². The molecule has 190 valence electrons. The van der Waals surface area contributed by atoms with E-state index in [4.69, 9.17) is 4.42 Å². The molecule has 0 aliphatic carbocycles. The molecule has 0 saturated heterocycles. The minimum Gasteiger partial charge on any atom is -0.438 e. The molecule has 0 bridgehead atoms. The molecule has 3 aromatic carbocycles. The maximum Gasteiger partial charge on any atom is 0.227 e. The summed E-state index contributed by atoms with van der Waals surface area (Å²) in [4.78, 5) is 13.0. The van der Waals surface area contributed by atoms with E-state index in [1.807, 2.05) is 89.3 Å². The zero-order valence-electron chi connectivity index (χ0n) is 21.1. The van der Waals surface area contributed by atoms with Crippen LogP contribution >= 0.6 is 11.8 Å². The summed E-state index contributed by atoms with van der Waals surface area (Å²) in [5.41, 5.74) is 5.56. The number of aromatic nitrogens is 3. The topological polar surface area (TPSA) is 96.2 Å². The van der Waals surface area contributed by atoms with Crippen molar-refractivity contribution in [1.29, 1.82) is 5.26 Å². The van der Waals surface area contributed by atoms with Crippen molar-refractivity contribution in [1.82, 2.24) is 14.6 Å². The first-order valence-electron chi connectivity index (χ1n) is 12.5. The Morgan fingerprint density at radius 3 is 2.41 bits per heavy atom. The zero-order valence-corrected chi connectivity index (χ0v) is 21.9. The number of rotatable bonds is 7. The van der Waals surface area contributed by atoms with E-state index in [2.05, 4.69) is 34.6 Å². The predicted octanol–water partition coefficient (Wildman–Crippen LogP) is 7.11. The van der Waals surface area contributed by atoms with Crippen LogP contribution in [0.4, 0.5) is 5.88 Å².